The van der Waals surface area contributed by atoms with Crippen LogP contribution in [0.5, 0.6) is 0 Å². The zero-order chi connectivity index (χ0) is 12.5. The molecule has 0 radical (unpaired) electrons. The summed E-state index contributed by atoms with van der Waals surface area (Å²) in [5.41, 5.74) is 2.13. The maximum Gasteiger partial charge on any atom is 0.259 e. The fourth-order valence-electron chi connectivity index (χ4n) is 1.71. The molecule has 3 rings (SSSR count). The minimum atomic E-state index is -0.221. The third-order valence-corrected chi connectivity index (χ3v) is 3.65. The van der Waals surface area contributed by atoms with Gasteiger partial charge < -0.3 is 4.98 Å². The van der Waals surface area contributed by atoms with Crippen LogP contribution in [-0.4, -0.2) is 25.6 Å². The van der Waals surface area contributed by atoms with Crippen LogP contribution in [0.4, 0.5) is 0 Å². The van der Waals surface area contributed by atoms with Crippen molar-refractivity contribution in [2.45, 2.75) is 6.92 Å². The van der Waals surface area contributed by atoms with Gasteiger partial charge in [-0.15, -0.1) is 21.5 Å². The van der Waals surface area contributed by atoms with Crippen LogP contribution >= 0.6 is 11.3 Å². The number of nitrogens with zero attached hydrogens (tertiary/aromatic N) is 3. The maximum absolute atomic E-state index is 12.0. The quantitative estimate of drug-likeness (QED) is 0.731. The van der Waals surface area contributed by atoms with Crippen molar-refractivity contribution in [3.8, 4) is 22.0 Å². The summed E-state index contributed by atoms with van der Waals surface area (Å²) in [5, 5.41) is 15.3. The first-order valence-corrected chi connectivity index (χ1v) is 6.15. The second-order valence-corrected chi connectivity index (χ2v) is 4.70. The minimum absolute atomic E-state index is 0.221. The van der Waals surface area contributed by atoms with Gasteiger partial charge in [0.25, 0.3) is 5.56 Å². The first kappa shape index (κ1) is 10.8. The normalized spacial score (nSPS) is 10.7. The number of nitrogens with one attached hydrogen (secondary N) is 2. The van der Waals surface area contributed by atoms with Crippen LogP contribution in [0.15, 0.2) is 28.4 Å². The molecule has 0 aliphatic carbocycles. The van der Waals surface area contributed by atoms with Crippen molar-refractivity contribution in [3.05, 3.63) is 39.5 Å². The summed E-state index contributed by atoms with van der Waals surface area (Å²) in [6, 6.07) is 5.58. The Hall–Kier alpha value is -2.28. The number of thiophene rings is 1. The molecule has 7 heteroatoms. The van der Waals surface area contributed by atoms with Crippen LogP contribution in [0.3, 0.4) is 0 Å². The lowest BCUT2D eigenvalue weighted by atomic mass is 10.2. The van der Waals surface area contributed by atoms with Crippen molar-refractivity contribution in [3.63, 3.8) is 0 Å². The smallest absolute Gasteiger partial charge is 0.259 e. The maximum atomic E-state index is 12.0. The summed E-state index contributed by atoms with van der Waals surface area (Å²) in [7, 11) is 0. The van der Waals surface area contributed by atoms with E-state index < -0.39 is 0 Å². The third kappa shape index (κ3) is 1.74. The molecule has 0 saturated carbocycles. The summed E-state index contributed by atoms with van der Waals surface area (Å²) >= 11 is 1.59. The number of pyridine rings is 1. The van der Waals surface area contributed by atoms with E-state index in [1.165, 1.54) is 0 Å². The van der Waals surface area contributed by atoms with E-state index in [-0.39, 0.29) is 5.56 Å². The van der Waals surface area contributed by atoms with Crippen molar-refractivity contribution in [1.82, 2.24) is 25.6 Å². The second kappa shape index (κ2) is 4.19. The summed E-state index contributed by atoms with van der Waals surface area (Å²) in [6.07, 6.45) is 0. The van der Waals surface area contributed by atoms with Crippen molar-refractivity contribution in [2.75, 3.05) is 0 Å². The SMILES string of the molecule is Cc1ccsc1-c1ccc(-c2nn[nH]n2)c(=O)[nH]1. The van der Waals surface area contributed by atoms with Crippen molar-refractivity contribution >= 4 is 11.3 Å². The monoisotopic (exact) mass is 259 g/mol. The first-order valence-electron chi connectivity index (χ1n) is 5.27. The Bertz CT molecular complexity index is 728. The van der Waals surface area contributed by atoms with Crippen LogP contribution in [-0.2, 0) is 0 Å². The number of H-pyrrole nitrogens is 2. The molecule has 0 amide bonds. The fraction of sp³-hybridized carbons (Fsp3) is 0.0909. The average Bonchev–Trinajstić information content (AvgIpc) is 2.99. The number of aromatic amines is 2. The van der Waals surface area contributed by atoms with Gasteiger partial charge in [0.2, 0.25) is 5.82 Å². The predicted octanol–water partition coefficient (Wildman–Crippen LogP) is 1.59. The summed E-state index contributed by atoms with van der Waals surface area (Å²) in [5.74, 6) is 0.297. The average molecular weight is 259 g/mol. The molecule has 3 aromatic rings. The fourth-order valence-corrected chi connectivity index (χ4v) is 2.61. The number of hydrogen-bond acceptors (Lipinski definition) is 5. The summed E-state index contributed by atoms with van der Waals surface area (Å²) in [4.78, 5) is 15.9. The van der Waals surface area contributed by atoms with Gasteiger partial charge in [-0.2, -0.15) is 5.21 Å². The number of aromatic nitrogens is 5. The molecule has 2 N–H and O–H groups in total. The molecule has 0 unspecified atom stereocenters. The molecule has 3 heterocycles. The highest BCUT2D eigenvalue weighted by Crippen LogP contribution is 2.27. The third-order valence-electron chi connectivity index (χ3n) is 2.60. The standard InChI is InChI=1S/C11H9N5OS/c1-6-4-5-18-9(6)8-3-2-7(11(17)12-8)10-13-15-16-14-10/h2-5H,1H3,(H,12,17)(H,13,14,15,16). The van der Waals surface area contributed by atoms with Crippen molar-refractivity contribution < 1.29 is 0 Å². The number of rotatable bonds is 2. The minimum Gasteiger partial charge on any atom is -0.321 e. The van der Waals surface area contributed by atoms with E-state index in [1.54, 1.807) is 17.4 Å². The second-order valence-electron chi connectivity index (χ2n) is 3.78. The Morgan fingerprint density at radius 3 is 2.78 bits per heavy atom. The van der Waals surface area contributed by atoms with Crippen LogP contribution in [0, 0.1) is 6.92 Å². The van der Waals surface area contributed by atoms with Gasteiger partial charge in [-0.25, -0.2) is 0 Å². The van der Waals surface area contributed by atoms with E-state index in [4.69, 9.17) is 0 Å². The lowest BCUT2D eigenvalue weighted by molar-refractivity contribution is 0.881. The molecular formula is C11H9N5OS. The van der Waals surface area contributed by atoms with Gasteiger partial charge in [0.15, 0.2) is 0 Å². The molecule has 0 aromatic carbocycles. The van der Waals surface area contributed by atoms with E-state index in [2.05, 4.69) is 25.6 Å². The van der Waals surface area contributed by atoms with E-state index >= 15 is 0 Å². The Kier molecular flexibility index (Phi) is 2.52. The van der Waals surface area contributed by atoms with E-state index in [0.717, 1.165) is 16.1 Å². The zero-order valence-corrected chi connectivity index (χ0v) is 10.3. The Morgan fingerprint density at radius 1 is 1.28 bits per heavy atom. The van der Waals surface area contributed by atoms with Crippen LogP contribution in [0.2, 0.25) is 0 Å². The summed E-state index contributed by atoms with van der Waals surface area (Å²) < 4.78 is 0. The first-order chi connectivity index (χ1) is 8.75. The molecule has 6 nitrogen and oxygen atoms in total. The topological polar surface area (TPSA) is 87.3 Å². The van der Waals surface area contributed by atoms with Crippen LogP contribution in [0.1, 0.15) is 5.56 Å². The Labute approximate surface area is 106 Å². The van der Waals surface area contributed by atoms with Gasteiger partial charge in [0, 0.05) is 0 Å². The molecule has 90 valence electrons. The van der Waals surface area contributed by atoms with Crippen LogP contribution in [0.25, 0.3) is 22.0 Å². The number of hydrogen-bond donors (Lipinski definition) is 2. The predicted molar refractivity (Wildman–Crippen MR) is 68.3 cm³/mol. The highest BCUT2D eigenvalue weighted by molar-refractivity contribution is 7.13. The molecule has 0 atom stereocenters. The molecule has 0 bridgehead atoms. The highest BCUT2D eigenvalue weighted by atomic mass is 32.1. The molecule has 3 aromatic heterocycles. The summed E-state index contributed by atoms with van der Waals surface area (Å²) in [6.45, 7) is 2.01. The molecule has 0 fully saturated rings. The molecule has 0 spiro atoms. The number of aryl methyl sites for hydroxylation is 1. The largest absolute Gasteiger partial charge is 0.321 e. The Morgan fingerprint density at radius 2 is 2.17 bits per heavy atom. The van der Waals surface area contributed by atoms with E-state index in [1.807, 2.05) is 24.4 Å². The van der Waals surface area contributed by atoms with Gasteiger partial charge in [-0.3, -0.25) is 4.79 Å². The Balaban J connectivity index is 2.10. The molecule has 0 aliphatic rings. The molecule has 0 saturated heterocycles. The van der Waals surface area contributed by atoms with Crippen LogP contribution < -0.4 is 5.56 Å². The van der Waals surface area contributed by atoms with Crippen molar-refractivity contribution in [2.24, 2.45) is 0 Å². The van der Waals surface area contributed by atoms with Gasteiger partial charge in [0.1, 0.15) is 0 Å². The van der Waals surface area contributed by atoms with Gasteiger partial charge >= 0.3 is 0 Å². The van der Waals surface area contributed by atoms with Gasteiger partial charge in [-0.05, 0) is 41.3 Å². The van der Waals surface area contributed by atoms with Gasteiger partial charge in [-0.1, -0.05) is 0 Å². The lowest BCUT2D eigenvalue weighted by Crippen LogP contribution is -2.10. The highest BCUT2D eigenvalue weighted by Gasteiger charge is 2.10. The number of tetrazole rings is 1. The van der Waals surface area contributed by atoms with Crippen molar-refractivity contribution in [1.29, 1.82) is 0 Å². The zero-order valence-electron chi connectivity index (χ0n) is 9.47. The van der Waals surface area contributed by atoms with E-state index in [9.17, 15) is 4.79 Å². The van der Waals surface area contributed by atoms with Gasteiger partial charge in [0.05, 0.1) is 16.1 Å². The lowest BCUT2D eigenvalue weighted by Gasteiger charge is -2.01. The van der Waals surface area contributed by atoms with E-state index in [0.29, 0.717) is 11.4 Å². The molecule has 18 heavy (non-hydrogen) atoms. The molecular weight excluding hydrogens is 250 g/mol. The molecule has 0 aliphatic heterocycles.